The summed E-state index contributed by atoms with van der Waals surface area (Å²) >= 11 is 13.7. The van der Waals surface area contributed by atoms with Gasteiger partial charge in [-0.1, -0.05) is 47.0 Å². The minimum atomic E-state index is -0.0710. The summed E-state index contributed by atoms with van der Waals surface area (Å²) in [7, 11) is 0. The Labute approximate surface area is 163 Å². The maximum absolute atomic E-state index is 12.0. The first-order chi connectivity index (χ1) is 12.0. The van der Waals surface area contributed by atoms with Gasteiger partial charge in [-0.15, -0.1) is 11.8 Å². The number of carbonyl (C=O) groups excluding carboxylic acids is 1. The molecule has 1 amide bonds. The zero-order valence-corrected chi connectivity index (χ0v) is 16.5. The van der Waals surface area contributed by atoms with Gasteiger partial charge in [0.15, 0.2) is 0 Å². The molecule has 3 nitrogen and oxygen atoms in total. The Bertz CT molecular complexity index is 687. The lowest BCUT2D eigenvalue weighted by atomic mass is 10.2. The van der Waals surface area contributed by atoms with Crippen LogP contribution in [0.5, 0.6) is 5.75 Å². The van der Waals surface area contributed by atoms with Gasteiger partial charge in [0.2, 0.25) is 5.91 Å². The van der Waals surface area contributed by atoms with Gasteiger partial charge in [-0.2, -0.15) is 0 Å². The third-order valence-electron chi connectivity index (χ3n) is 3.47. The fourth-order valence-corrected chi connectivity index (χ4v) is 3.71. The van der Waals surface area contributed by atoms with E-state index in [0.717, 1.165) is 11.3 Å². The predicted octanol–water partition coefficient (Wildman–Crippen LogP) is 5.12. The van der Waals surface area contributed by atoms with Gasteiger partial charge in [-0.3, -0.25) is 4.79 Å². The highest BCUT2D eigenvalue weighted by Gasteiger charge is 2.10. The predicted molar refractivity (Wildman–Crippen MR) is 107 cm³/mol. The molecule has 0 aliphatic carbocycles. The van der Waals surface area contributed by atoms with E-state index in [2.05, 4.69) is 5.32 Å². The minimum absolute atomic E-state index is 0.0341. The lowest BCUT2D eigenvalue weighted by molar-refractivity contribution is -0.119. The number of hydrogen-bond acceptors (Lipinski definition) is 3. The van der Waals surface area contributed by atoms with Gasteiger partial charge in [0.25, 0.3) is 0 Å². The average molecular weight is 398 g/mol. The standard InChI is InChI=1S/C19H21Cl2NO2S/c1-13-6-8-15(9-7-13)24-10-14(2)22-19(23)12-25-11-16-17(20)4-3-5-18(16)21/h3-9,14H,10-12H2,1-2H3,(H,22,23). The number of amides is 1. The Morgan fingerprint density at radius 2 is 1.80 bits per heavy atom. The van der Waals surface area contributed by atoms with E-state index >= 15 is 0 Å². The van der Waals surface area contributed by atoms with Crippen molar-refractivity contribution in [2.45, 2.75) is 25.6 Å². The maximum atomic E-state index is 12.0. The van der Waals surface area contributed by atoms with Crippen LogP contribution in [0.1, 0.15) is 18.1 Å². The number of aryl methyl sites for hydroxylation is 1. The first kappa shape index (κ1) is 20.0. The van der Waals surface area contributed by atoms with Crippen molar-refractivity contribution >= 4 is 40.9 Å². The van der Waals surface area contributed by atoms with Crippen LogP contribution >= 0.6 is 35.0 Å². The van der Waals surface area contributed by atoms with E-state index in [-0.39, 0.29) is 11.9 Å². The number of thioether (sulfide) groups is 1. The molecule has 0 radical (unpaired) electrons. The normalized spacial score (nSPS) is 11.8. The molecule has 25 heavy (non-hydrogen) atoms. The molecule has 134 valence electrons. The van der Waals surface area contributed by atoms with Crippen LogP contribution in [0.3, 0.4) is 0 Å². The van der Waals surface area contributed by atoms with E-state index in [9.17, 15) is 4.79 Å². The molecule has 2 aromatic rings. The zero-order valence-electron chi connectivity index (χ0n) is 14.2. The van der Waals surface area contributed by atoms with Crippen LogP contribution in [0, 0.1) is 6.92 Å². The van der Waals surface area contributed by atoms with Gasteiger partial charge >= 0.3 is 0 Å². The number of rotatable bonds is 8. The Balaban J connectivity index is 1.70. The Morgan fingerprint density at radius 3 is 2.44 bits per heavy atom. The second kappa shape index (κ2) is 9.95. The smallest absolute Gasteiger partial charge is 0.230 e. The highest BCUT2D eigenvalue weighted by Crippen LogP contribution is 2.28. The summed E-state index contributed by atoms with van der Waals surface area (Å²) in [6.45, 7) is 4.37. The molecule has 0 aliphatic heterocycles. The van der Waals surface area contributed by atoms with Crippen molar-refractivity contribution in [1.29, 1.82) is 0 Å². The molecule has 1 unspecified atom stereocenters. The molecule has 0 aromatic heterocycles. The number of hydrogen-bond donors (Lipinski definition) is 1. The van der Waals surface area contributed by atoms with Crippen LogP contribution < -0.4 is 10.1 Å². The summed E-state index contributed by atoms with van der Waals surface area (Å²) in [5.41, 5.74) is 2.05. The van der Waals surface area contributed by atoms with Crippen LogP contribution in [0.4, 0.5) is 0 Å². The van der Waals surface area contributed by atoms with Crippen LogP contribution in [0.15, 0.2) is 42.5 Å². The van der Waals surface area contributed by atoms with Gasteiger partial charge < -0.3 is 10.1 Å². The highest BCUT2D eigenvalue weighted by molar-refractivity contribution is 7.99. The van der Waals surface area contributed by atoms with Crippen molar-refractivity contribution in [2.75, 3.05) is 12.4 Å². The summed E-state index contributed by atoms with van der Waals surface area (Å²) < 4.78 is 5.67. The van der Waals surface area contributed by atoms with E-state index in [1.807, 2.05) is 38.1 Å². The third kappa shape index (κ3) is 6.81. The van der Waals surface area contributed by atoms with Crippen LogP contribution in [0.2, 0.25) is 10.0 Å². The Morgan fingerprint density at radius 1 is 1.16 bits per heavy atom. The van der Waals surface area contributed by atoms with Crippen molar-refractivity contribution in [3.8, 4) is 5.75 Å². The van der Waals surface area contributed by atoms with Gasteiger partial charge in [-0.25, -0.2) is 0 Å². The summed E-state index contributed by atoms with van der Waals surface area (Å²) in [6, 6.07) is 13.2. The molecule has 0 aliphatic rings. The Kier molecular flexibility index (Phi) is 7.94. The molecule has 1 N–H and O–H groups in total. The largest absolute Gasteiger partial charge is 0.491 e. The maximum Gasteiger partial charge on any atom is 0.230 e. The minimum Gasteiger partial charge on any atom is -0.491 e. The van der Waals surface area contributed by atoms with Crippen molar-refractivity contribution < 1.29 is 9.53 Å². The van der Waals surface area contributed by atoms with Gasteiger partial charge in [0.05, 0.1) is 11.8 Å². The molecule has 0 fully saturated rings. The molecule has 6 heteroatoms. The summed E-state index contributed by atoms with van der Waals surface area (Å²) in [4.78, 5) is 12.0. The van der Waals surface area contributed by atoms with Crippen LogP contribution in [-0.4, -0.2) is 24.3 Å². The lowest BCUT2D eigenvalue weighted by Crippen LogP contribution is -2.37. The van der Waals surface area contributed by atoms with E-state index in [1.54, 1.807) is 18.2 Å². The Hall–Kier alpha value is -1.36. The van der Waals surface area contributed by atoms with Crippen LogP contribution in [-0.2, 0) is 10.5 Å². The third-order valence-corrected chi connectivity index (χ3v) is 5.14. The molecule has 1 atom stereocenters. The van der Waals surface area contributed by atoms with Gasteiger partial charge in [0.1, 0.15) is 12.4 Å². The molecule has 2 rings (SSSR count). The molecule has 0 saturated carbocycles. The SMILES string of the molecule is Cc1ccc(OCC(C)NC(=O)CSCc2c(Cl)cccc2Cl)cc1. The molecule has 0 bridgehead atoms. The molecule has 0 heterocycles. The van der Waals surface area contributed by atoms with Crippen molar-refractivity contribution in [2.24, 2.45) is 0 Å². The number of ether oxygens (including phenoxy) is 1. The second-order valence-corrected chi connectivity index (χ2v) is 7.59. The number of nitrogens with one attached hydrogen (secondary N) is 1. The van der Waals surface area contributed by atoms with E-state index in [0.29, 0.717) is 28.2 Å². The number of benzene rings is 2. The van der Waals surface area contributed by atoms with Crippen molar-refractivity contribution in [1.82, 2.24) is 5.32 Å². The lowest BCUT2D eigenvalue weighted by Gasteiger charge is -2.15. The van der Waals surface area contributed by atoms with Gasteiger partial charge in [0, 0.05) is 15.8 Å². The van der Waals surface area contributed by atoms with Crippen LogP contribution in [0.25, 0.3) is 0 Å². The molecule has 2 aromatic carbocycles. The van der Waals surface area contributed by atoms with E-state index in [4.69, 9.17) is 27.9 Å². The first-order valence-electron chi connectivity index (χ1n) is 7.95. The summed E-state index contributed by atoms with van der Waals surface area (Å²) in [5, 5.41) is 4.18. The second-order valence-electron chi connectivity index (χ2n) is 5.79. The number of carbonyl (C=O) groups is 1. The molecular formula is C19H21Cl2NO2S. The fraction of sp³-hybridized carbons (Fsp3) is 0.316. The van der Waals surface area contributed by atoms with Crippen molar-refractivity contribution in [3.63, 3.8) is 0 Å². The number of halogens is 2. The highest BCUT2D eigenvalue weighted by atomic mass is 35.5. The molecule has 0 saturated heterocycles. The fourth-order valence-electron chi connectivity index (χ4n) is 2.13. The van der Waals surface area contributed by atoms with Crippen molar-refractivity contribution in [3.05, 3.63) is 63.6 Å². The summed E-state index contributed by atoms with van der Waals surface area (Å²) in [5.74, 6) is 1.71. The van der Waals surface area contributed by atoms with E-state index in [1.165, 1.54) is 17.3 Å². The summed E-state index contributed by atoms with van der Waals surface area (Å²) in [6.07, 6.45) is 0. The van der Waals surface area contributed by atoms with Gasteiger partial charge in [-0.05, 0) is 43.7 Å². The molecular weight excluding hydrogens is 377 g/mol. The topological polar surface area (TPSA) is 38.3 Å². The quantitative estimate of drug-likeness (QED) is 0.671. The average Bonchev–Trinajstić information content (AvgIpc) is 2.57. The first-order valence-corrected chi connectivity index (χ1v) is 9.86. The monoisotopic (exact) mass is 397 g/mol. The zero-order chi connectivity index (χ0) is 18.2. The van der Waals surface area contributed by atoms with E-state index < -0.39 is 0 Å². The molecule has 0 spiro atoms.